The molecule has 9 heteroatoms. The summed E-state index contributed by atoms with van der Waals surface area (Å²) >= 11 is 6.10. The number of hydrogen-bond acceptors (Lipinski definition) is 5. The Balaban J connectivity index is 2.23. The van der Waals surface area contributed by atoms with Crippen LogP contribution in [0.2, 0.25) is 5.02 Å². The summed E-state index contributed by atoms with van der Waals surface area (Å²) in [5.74, 6) is -0.683. The lowest BCUT2D eigenvalue weighted by Gasteiger charge is -2.11. The normalized spacial score (nSPS) is 10.2. The zero-order valence-corrected chi connectivity index (χ0v) is 15.5. The van der Waals surface area contributed by atoms with Gasteiger partial charge in [-0.3, -0.25) is 19.7 Å². The monoisotopic (exact) mass is 391 g/mol. The van der Waals surface area contributed by atoms with Crippen LogP contribution in [0.3, 0.4) is 0 Å². The molecule has 0 bridgehead atoms. The summed E-state index contributed by atoms with van der Waals surface area (Å²) in [5.41, 5.74) is 0.499. The predicted molar refractivity (Wildman–Crippen MR) is 103 cm³/mol. The van der Waals surface area contributed by atoms with Crippen LogP contribution in [0.1, 0.15) is 30.1 Å². The van der Waals surface area contributed by atoms with Crippen molar-refractivity contribution in [3.05, 3.63) is 57.1 Å². The van der Waals surface area contributed by atoms with Crippen molar-refractivity contribution in [2.45, 2.75) is 19.8 Å². The van der Waals surface area contributed by atoms with Crippen LogP contribution in [-0.2, 0) is 4.79 Å². The maximum absolute atomic E-state index is 12.5. The van der Waals surface area contributed by atoms with E-state index < -0.39 is 10.8 Å². The van der Waals surface area contributed by atoms with Crippen molar-refractivity contribution in [1.82, 2.24) is 0 Å². The predicted octanol–water partition coefficient (Wildman–Crippen LogP) is 4.25. The van der Waals surface area contributed by atoms with Gasteiger partial charge in [0.05, 0.1) is 22.7 Å². The van der Waals surface area contributed by atoms with Crippen molar-refractivity contribution in [3.8, 4) is 5.75 Å². The third-order valence-electron chi connectivity index (χ3n) is 3.61. The fourth-order valence-electron chi connectivity index (χ4n) is 2.32. The Morgan fingerprint density at radius 3 is 2.56 bits per heavy atom. The first-order valence-electron chi connectivity index (χ1n) is 8.09. The quantitative estimate of drug-likeness (QED) is 0.541. The Hall–Kier alpha value is -3.13. The van der Waals surface area contributed by atoms with E-state index in [1.165, 1.54) is 31.4 Å². The summed E-state index contributed by atoms with van der Waals surface area (Å²) in [7, 11) is 1.31. The molecule has 27 heavy (non-hydrogen) atoms. The molecule has 0 atom stereocenters. The van der Waals surface area contributed by atoms with Gasteiger partial charge in [-0.05, 0) is 36.8 Å². The largest absolute Gasteiger partial charge is 0.490 e. The lowest BCUT2D eigenvalue weighted by Crippen LogP contribution is -2.14. The number of nitrogens with zero attached hydrogens (tertiary/aromatic N) is 1. The molecule has 8 nitrogen and oxygen atoms in total. The van der Waals surface area contributed by atoms with Gasteiger partial charge >= 0.3 is 5.69 Å². The first-order valence-corrected chi connectivity index (χ1v) is 8.46. The molecular weight excluding hydrogens is 374 g/mol. The second kappa shape index (κ2) is 9.00. The lowest BCUT2D eigenvalue weighted by molar-refractivity contribution is -0.385. The van der Waals surface area contributed by atoms with Gasteiger partial charge in [0.2, 0.25) is 5.91 Å². The number of nitrogens with one attached hydrogen (secondary N) is 2. The van der Waals surface area contributed by atoms with E-state index in [0.29, 0.717) is 18.5 Å². The summed E-state index contributed by atoms with van der Waals surface area (Å²) in [6, 6.07) is 8.54. The van der Waals surface area contributed by atoms with Gasteiger partial charge < -0.3 is 15.4 Å². The number of halogens is 1. The summed E-state index contributed by atoms with van der Waals surface area (Å²) in [6.45, 7) is 1.89. The molecule has 0 aromatic heterocycles. The number of rotatable bonds is 7. The molecule has 0 fully saturated rings. The van der Waals surface area contributed by atoms with E-state index in [9.17, 15) is 19.7 Å². The summed E-state index contributed by atoms with van der Waals surface area (Å²) in [5, 5.41) is 16.7. The molecule has 2 aromatic carbocycles. The number of carbonyl (C=O) groups is 2. The van der Waals surface area contributed by atoms with E-state index in [0.717, 1.165) is 6.07 Å². The smallest absolute Gasteiger partial charge is 0.311 e. The average molecular weight is 392 g/mol. The van der Waals surface area contributed by atoms with Crippen molar-refractivity contribution >= 4 is 40.5 Å². The van der Waals surface area contributed by atoms with E-state index in [-0.39, 0.29) is 33.6 Å². The highest BCUT2D eigenvalue weighted by Crippen LogP contribution is 2.29. The molecule has 0 saturated carbocycles. The molecule has 142 valence electrons. The second-order valence-corrected chi connectivity index (χ2v) is 6.00. The first-order chi connectivity index (χ1) is 12.8. The molecule has 0 aliphatic heterocycles. The van der Waals surface area contributed by atoms with E-state index in [1.54, 1.807) is 6.07 Å². The van der Waals surface area contributed by atoms with Crippen LogP contribution in [0.4, 0.5) is 17.1 Å². The molecular formula is C18H18ClN3O5. The SMILES string of the molecule is CCCC(=O)Nc1ccc(Cl)c(NC(=O)c2ccc(OC)c([N+](=O)[O-])c2)c1. The van der Waals surface area contributed by atoms with E-state index in [2.05, 4.69) is 10.6 Å². The standard InChI is InChI=1S/C18H18ClN3O5/c1-3-4-17(23)20-12-6-7-13(19)14(10-12)21-18(24)11-5-8-16(27-2)15(9-11)22(25)26/h5-10H,3-4H2,1-2H3,(H,20,23)(H,21,24). The highest BCUT2D eigenvalue weighted by molar-refractivity contribution is 6.34. The molecule has 0 aliphatic carbocycles. The molecule has 0 spiro atoms. The summed E-state index contributed by atoms with van der Waals surface area (Å²) in [6.07, 6.45) is 1.08. The summed E-state index contributed by atoms with van der Waals surface area (Å²) < 4.78 is 4.92. The molecule has 0 radical (unpaired) electrons. The number of nitro benzene ring substituents is 1. The van der Waals surface area contributed by atoms with Crippen molar-refractivity contribution in [2.75, 3.05) is 17.7 Å². The topological polar surface area (TPSA) is 111 Å². The average Bonchev–Trinajstić information content (AvgIpc) is 2.64. The Labute approximate surface area is 160 Å². The third-order valence-corrected chi connectivity index (χ3v) is 3.94. The van der Waals surface area contributed by atoms with Gasteiger partial charge in [-0.2, -0.15) is 0 Å². The molecule has 2 N–H and O–H groups in total. The minimum absolute atomic E-state index is 0.0511. The molecule has 2 aromatic rings. The van der Waals surface area contributed by atoms with Crippen LogP contribution in [0.5, 0.6) is 5.75 Å². The van der Waals surface area contributed by atoms with Gasteiger partial charge in [0, 0.05) is 23.7 Å². The molecule has 2 rings (SSSR count). The van der Waals surface area contributed by atoms with Gasteiger partial charge in [-0.25, -0.2) is 0 Å². The molecule has 0 unspecified atom stereocenters. The van der Waals surface area contributed by atoms with Crippen LogP contribution >= 0.6 is 11.6 Å². The number of nitro groups is 1. The van der Waals surface area contributed by atoms with E-state index in [4.69, 9.17) is 16.3 Å². The Bertz CT molecular complexity index is 885. The molecule has 0 heterocycles. The maximum atomic E-state index is 12.5. The minimum atomic E-state index is -0.632. The van der Waals surface area contributed by atoms with Gasteiger partial charge in [0.25, 0.3) is 5.91 Å². The number of amides is 2. The van der Waals surface area contributed by atoms with E-state index >= 15 is 0 Å². The second-order valence-electron chi connectivity index (χ2n) is 5.59. The molecule has 2 amide bonds. The van der Waals surface area contributed by atoms with Gasteiger partial charge in [-0.1, -0.05) is 18.5 Å². The number of anilines is 2. The summed E-state index contributed by atoms with van der Waals surface area (Å²) in [4.78, 5) is 34.6. The molecule has 0 aliphatic rings. The number of methoxy groups -OCH3 is 1. The molecule has 0 saturated heterocycles. The number of carbonyl (C=O) groups excluding carboxylic acids is 2. The van der Waals surface area contributed by atoms with Crippen molar-refractivity contribution < 1.29 is 19.2 Å². The van der Waals surface area contributed by atoms with Crippen LogP contribution in [0.15, 0.2) is 36.4 Å². The Morgan fingerprint density at radius 2 is 1.93 bits per heavy atom. The zero-order chi connectivity index (χ0) is 20.0. The fourth-order valence-corrected chi connectivity index (χ4v) is 2.48. The van der Waals surface area contributed by atoms with Crippen LogP contribution in [0.25, 0.3) is 0 Å². The first kappa shape index (κ1) is 20.2. The maximum Gasteiger partial charge on any atom is 0.311 e. The van der Waals surface area contributed by atoms with Crippen LogP contribution in [0, 0.1) is 10.1 Å². The number of benzene rings is 2. The van der Waals surface area contributed by atoms with Gasteiger partial charge in [0.15, 0.2) is 5.75 Å². The van der Waals surface area contributed by atoms with E-state index in [1.807, 2.05) is 6.92 Å². The Morgan fingerprint density at radius 1 is 1.19 bits per heavy atom. The fraction of sp³-hybridized carbons (Fsp3) is 0.222. The highest BCUT2D eigenvalue weighted by Gasteiger charge is 2.19. The number of hydrogen-bond donors (Lipinski definition) is 2. The van der Waals surface area contributed by atoms with Crippen molar-refractivity contribution in [2.24, 2.45) is 0 Å². The van der Waals surface area contributed by atoms with Crippen molar-refractivity contribution in [1.29, 1.82) is 0 Å². The zero-order valence-electron chi connectivity index (χ0n) is 14.7. The Kier molecular flexibility index (Phi) is 6.73. The van der Waals surface area contributed by atoms with Crippen LogP contribution in [-0.4, -0.2) is 23.8 Å². The van der Waals surface area contributed by atoms with Gasteiger partial charge in [-0.15, -0.1) is 0 Å². The highest BCUT2D eigenvalue weighted by atomic mass is 35.5. The van der Waals surface area contributed by atoms with Crippen LogP contribution < -0.4 is 15.4 Å². The van der Waals surface area contributed by atoms with Crippen molar-refractivity contribution in [3.63, 3.8) is 0 Å². The van der Waals surface area contributed by atoms with Gasteiger partial charge in [0.1, 0.15) is 0 Å². The lowest BCUT2D eigenvalue weighted by atomic mass is 10.1. The number of ether oxygens (including phenoxy) is 1. The minimum Gasteiger partial charge on any atom is -0.490 e. The third kappa shape index (κ3) is 5.18.